The largest absolute Gasteiger partial charge is 0.534 e. The lowest BCUT2D eigenvalue weighted by atomic mass is 9.49. The van der Waals surface area contributed by atoms with E-state index in [9.17, 15) is 79.2 Å². The Morgan fingerprint density at radius 2 is 0.867 bits per heavy atom. The van der Waals surface area contributed by atoms with Crippen LogP contribution in [-0.2, 0) is 67.2 Å². The van der Waals surface area contributed by atoms with Crippen LogP contribution in [-0.4, -0.2) is 143 Å². The number of amides is 2. The first-order valence-corrected chi connectivity index (χ1v) is 29.9. The number of rotatable bonds is 6. The van der Waals surface area contributed by atoms with Crippen molar-refractivity contribution in [1.29, 1.82) is 0 Å². The maximum atomic E-state index is 12.4. The van der Waals surface area contributed by atoms with Crippen molar-refractivity contribution in [3.8, 4) is 0 Å². The molecule has 33 heteroatoms. The number of piperidine rings is 1. The summed E-state index contributed by atoms with van der Waals surface area (Å²) in [5.74, 6) is -0.114. The van der Waals surface area contributed by atoms with Crippen LogP contribution in [0.5, 0.6) is 0 Å². The highest BCUT2D eigenvalue weighted by atomic mass is 32.3. The first kappa shape index (κ1) is 76.2. The normalized spacial score (nSPS) is 18.7. The molecule has 4 heterocycles. The number of carbonyl (C=O) groups excluding carboxylic acids is 3. The van der Waals surface area contributed by atoms with E-state index in [1.807, 2.05) is 108 Å². The summed E-state index contributed by atoms with van der Waals surface area (Å²) in [4.78, 5) is 37.0. The Kier molecular flexibility index (Phi) is 26.2. The second-order valence-electron chi connectivity index (χ2n) is 22.2. The van der Waals surface area contributed by atoms with Crippen molar-refractivity contribution in [2.24, 2.45) is 0 Å². The van der Waals surface area contributed by atoms with Crippen LogP contribution in [0.3, 0.4) is 0 Å². The molecule has 4 aliphatic rings. The van der Waals surface area contributed by atoms with E-state index in [0.29, 0.717) is 38.1 Å². The van der Waals surface area contributed by atoms with Crippen LogP contribution in [0.2, 0.25) is 0 Å². The van der Waals surface area contributed by atoms with Gasteiger partial charge in [0.15, 0.2) is 0 Å². The standard InChI is InChI=1S/C12H24B2O4.C11H16F3NO5S.C10H17NO3.C8H5F6NO4S2.C7H8.C2H6/c1-9(2)10(3,4)16-13(15-9)14-17-11(5,6)12(7,8)18-14;1-10(2,3)19-9(16)15-6-4-8(5-7-15)20-21(17,18)11(12,13)14;1-10(2,3)14-9(13)11-6-4-8(12)5-7-11;9-7(10,11)20(16,17)15(6-4-2-1-3-5-6)21(18,19)8(12,13)14;1-7-5-3-2-4-6-7;1-2/h1-8H3;4H,5-7H2,1-3H3;4-7H2,1-3H3;1-5H;2-6H,1H3;1-2H3. The summed E-state index contributed by atoms with van der Waals surface area (Å²) in [6, 6.07) is 14.1. The number of ketones is 1. The minimum Gasteiger partial charge on any atom is -0.444 e. The minimum absolute atomic E-state index is 0.00806. The lowest BCUT2D eigenvalue weighted by molar-refractivity contribution is -0.121. The maximum absolute atomic E-state index is 12.4. The van der Waals surface area contributed by atoms with Crippen molar-refractivity contribution in [2.75, 3.05) is 29.9 Å². The van der Waals surface area contributed by atoms with Crippen molar-refractivity contribution < 1.29 is 111 Å². The van der Waals surface area contributed by atoms with Gasteiger partial charge >= 0.3 is 72.9 Å². The van der Waals surface area contributed by atoms with E-state index in [2.05, 4.69) is 23.2 Å². The molecule has 19 nitrogen and oxygen atoms in total. The van der Waals surface area contributed by atoms with Gasteiger partial charge in [0.25, 0.3) is 0 Å². The second kappa shape index (κ2) is 28.6. The smallest absolute Gasteiger partial charge is 0.444 e. The number of hydrogen-bond donors (Lipinski definition) is 0. The number of likely N-dealkylation sites (tertiary alicyclic amines) is 1. The number of hydrogen-bond acceptors (Lipinski definition) is 16. The van der Waals surface area contributed by atoms with Crippen molar-refractivity contribution in [3.63, 3.8) is 0 Å². The number of aryl methyl sites for hydroxylation is 1. The van der Waals surface area contributed by atoms with Crippen molar-refractivity contribution in [2.45, 2.75) is 187 Å². The van der Waals surface area contributed by atoms with E-state index in [-0.39, 0.29) is 59.6 Å². The predicted molar refractivity (Wildman–Crippen MR) is 292 cm³/mol. The van der Waals surface area contributed by atoms with Crippen LogP contribution in [0, 0.1) is 6.92 Å². The van der Waals surface area contributed by atoms with Gasteiger partial charge in [-0.05, 0) is 122 Å². The highest BCUT2D eigenvalue weighted by molar-refractivity contribution is 8.11. The van der Waals surface area contributed by atoms with Gasteiger partial charge < -0.3 is 42.1 Å². The molecule has 2 aromatic carbocycles. The van der Waals surface area contributed by atoms with E-state index in [1.54, 1.807) is 25.7 Å². The van der Waals surface area contributed by atoms with Crippen LogP contribution in [0.25, 0.3) is 0 Å². The Labute approximate surface area is 482 Å². The maximum Gasteiger partial charge on any atom is 0.534 e. The number of Topliss-reactive ketones (excluding diaryl/α,β-unsaturated/α-hetero) is 1. The van der Waals surface area contributed by atoms with Gasteiger partial charge in [-0.2, -0.15) is 64.8 Å². The Morgan fingerprint density at radius 1 is 0.542 bits per heavy atom. The number of nitrogens with zero attached hydrogens (tertiary/aromatic N) is 3. The van der Waals surface area contributed by atoms with Crippen LogP contribution < -0.4 is 3.71 Å². The van der Waals surface area contributed by atoms with Gasteiger partial charge in [-0.15, -0.1) is 3.71 Å². The zero-order chi connectivity index (χ0) is 65.0. The molecule has 2 aromatic rings. The van der Waals surface area contributed by atoms with Gasteiger partial charge in [0.05, 0.1) is 28.1 Å². The minimum atomic E-state index is -6.81. The number of anilines is 1. The molecule has 0 aliphatic carbocycles. The molecular weight excluding hydrogens is 1190 g/mol. The third kappa shape index (κ3) is 22.5. The summed E-state index contributed by atoms with van der Waals surface area (Å²) in [7, 11) is -20.2. The average molecular weight is 1260 g/mol. The topological polar surface area (TPSA) is 228 Å². The molecule has 0 N–H and O–H groups in total. The molecule has 0 bridgehead atoms. The van der Waals surface area contributed by atoms with Crippen LogP contribution in [0.1, 0.15) is 136 Å². The van der Waals surface area contributed by atoms with E-state index in [4.69, 9.17) is 28.1 Å². The molecule has 6 rings (SSSR count). The molecule has 0 spiro atoms. The van der Waals surface area contributed by atoms with Gasteiger partial charge in [0.2, 0.25) is 0 Å². The number of halogens is 9. The molecule has 0 radical (unpaired) electrons. The molecule has 0 atom stereocenters. The van der Waals surface area contributed by atoms with Crippen LogP contribution in [0.4, 0.5) is 54.8 Å². The summed E-state index contributed by atoms with van der Waals surface area (Å²) in [5.41, 5.74) is -20.5. The number of alkyl halides is 9. The molecule has 2 amide bonds. The Balaban J connectivity index is 0.000000530. The fourth-order valence-electron chi connectivity index (χ4n) is 6.35. The summed E-state index contributed by atoms with van der Waals surface area (Å²) in [6.07, 6.45) is 0.936. The van der Waals surface area contributed by atoms with Gasteiger partial charge in [0, 0.05) is 45.4 Å². The highest BCUT2D eigenvalue weighted by Gasteiger charge is 2.64. The predicted octanol–water partition coefficient (Wildman–Crippen LogP) is 11.4. The van der Waals surface area contributed by atoms with E-state index in [1.165, 1.54) is 10.5 Å². The van der Waals surface area contributed by atoms with Crippen molar-refractivity contribution in [1.82, 2.24) is 9.80 Å². The number of ether oxygens (including phenoxy) is 2. The second-order valence-corrected chi connectivity index (χ2v) is 27.5. The van der Waals surface area contributed by atoms with Crippen LogP contribution >= 0.6 is 0 Å². The van der Waals surface area contributed by atoms with E-state index >= 15 is 0 Å². The fourth-order valence-corrected chi connectivity index (χ4v) is 9.59. The molecule has 4 aliphatic heterocycles. The molecule has 0 unspecified atom stereocenters. The SMILES string of the molecule is CC.CC(C)(C)OC(=O)N1CC=C(OS(=O)(=O)C(F)(F)F)CC1.CC(C)(C)OC(=O)N1CCC(=O)CC1.CC1(C)OB(B2OC(C)(C)C(C)(C)O2)OC1(C)C.Cc1ccccc1.O=S(=O)(N(c1ccccc1)S(=O)(=O)C(F)(F)F)C(F)(F)F. The summed E-state index contributed by atoms with van der Waals surface area (Å²) in [6.45, 7) is 33.7. The summed E-state index contributed by atoms with van der Waals surface area (Å²) in [5, 5.41) is 0. The molecule has 0 aromatic heterocycles. The number of benzene rings is 2. The van der Waals surface area contributed by atoms with Gasteiger partial charge in [-0.25, -0.2) is 9.59 Å². The molecule has 83 heavy (non-hydrogen) atoms. The van der Waals surface area contributed by atoms with E-state index < -0.39 is 87.4 Å². The third-order valence-corrected chi connectivity index (χ3v) is 16.6. The molecular formula is C50H76B2F9N3O16S3. The summed E-state index contributed by atoms with van der Waals surface area (Å²) >= 11 is 0. The zero-order valence-corrected chi connectivity index (χ0v) is 51.9. The zero-order valence-electron chi connectivity index (χ0n) is 49.5. The number of carbonyl (C=O) groups is 3. The highest BCUT2D eigenvalue weighted by Crippen LogP contribution is 2.43. The van der Waals surface area contributed by atoms with Gasteiger partial charge in [0.1, 0.15) is 22.7 Å². The van der Waals surface area contributed by atoms with Crippen molar-refractivity contribution >= 4 is 67.8 Å². The Bertz CT molecular complexity index is 2710. The Hall–Kier alpha value is -4.82. The summed E-state index contributed by atoms with van der Waals surface area (Å²) < 4.78 is 214. The number of sulfonamides is 2. The lowest BCUT2D eigenvalue weighted by Crippen LogP contribution is -2.49. The molecule has 3 fully saturated rings. The molecule has 3 saturated heterocycles. The first-order valence-electron chi connectivity index (χ1n) is 25.6. The van der Waals surface area contributed by atoms with Gasteiger partial charge in [-0.3, -0.25) is 4.79 Å². The van der Waals surface area contributed by atoms with Gasteiger partial charge in [-0.1, -0.05) is 67.9 Å². The third-order valence-electron chi connectivity index (χ3n) is 12.0. The molecule has 474 valence electrons. The Morgan fingerprint density at radius 3 is 1.14 bits per heavy atom. The fraction of sp³-hybridized carbons (Fsp3) is 0.660. The monoisotopic (exact) mass is 1260 g/mol. The average Bonchev–Trinajstić information content (AvgIpc) is 3.70. The van der Waals surface area contributed by atoms with Crippen molar-refractivity contribution in [3.05, 3.63) is 78.1 Å². The van der Waals surface area contributed by atoms with E-state index in [0.717, 1.165) is 24.3 Å². The van der Waals surface area contributed by atoms with Crippen LogP contribution in [0.15, 0.2) is 72.5 Å². The molecule has 0 saturated carbocycles. The lowest BCUT2D eigenvalue weighted by Gasteiger charge is -2.32. The number of para-hydroxylation sites is 1. The first-order chi connectivity index (χ1) is 37.2. The quantitative estimate of drug-likeness (QED) is 0.113.